The molecule has 1 N–H and O–H groups in total. The molecule has 1 aromatic carbocycles. The second-order valence-corrected chi connectivity index (χ2v) is 8.54. The van der Waals surface area contributed by atoms with Crippen LogP contribution < -0.4 is 5.32 Å². The molecular formula is C23H34ClN3O3. The van der Waals surface area contributed by atoms with Crippen molar-refractivity contribution in [2.75, 3.05) is 45.3 Å². The molecule has 0 bridgehead atoms. The van der Waals surface area contributed by atoms with Crippen LogP contribution in [0.2, 0.25) is 0 Å². The van der Waals surface area contributed by atoms with Gasteiger partial charge in [0.15, 0.2) is 0 Å². The molecule has 2 fully saturated rings. The fourth-order valence-corrected chi connectivity index (χ4v) is 4.57. The van der Waals surface area contributed by atoms with E-state index in [0.29, 0.717) is 26.3 Å². The molecule has 1 aliphatic carbocycles. The van der Waals surface area contributed by atoms with Crippen molar-refractivity contribution in [1.82, 2.24) is 15.1 Å². The largest absolute Gasteiger partial charge is 0.379 e. The fraction of sp³-hybridized carbons (Fsp3) is 0.652. The first-order chi connectivity index (χ1) is 14.6. The Morgan fingerprint density at radius 3 is 2.57 bits per heavy atom. The average Bonchev–Trinajstić information content (AvgIpc) is 2.78. The van der Waals surface area contributed by atoms with Gasteiger partial charge in [-0.15, -0.1) is 11.6 Å². The minimum absolute atomic E-state index is 0.100. The number of amides is 2. The van der Waals surface area contributed by atoms with Crippen molar-refractivity contribution in [2.45, 2.75) is 51.1 Å². The molecule has 166 valence electrons. The van der Waals surface area contributed by atoms with E-state index in [2.05, 4.69) is 10.2 Å². The van der Waals surface area contributed by atoms with E-state index in [1.165, 1.54) is 6.42 Å². The lowest BCUT2D eigenvalue weighted by Gasteiger charge is -2.35. The Bertz CT molecular complexity index is 703. The number of hydrogen-bond acceptors (Lipinski definition) is 4. The molecule has 2 aliphatic rings. The number of carbonyl (C=O) groups is 2. The normalized spacial score (nSPS) is 19.3. The summed E-state index contributed by atoms with van der Waals surface area (Å²) in [7, 11) is 0. The average molecular weight is 436 g/mol. The van der Waals surface area contributed by atoms with Crippen molar-refractivity contribution in [3.05, 3.63) is 35.4 Å². The number of benzene rings is 1. The molecular weight excluding hydrogens is 402 g/mol. The molecule has 0 unspecified atom stereocenters. The van der Waals surface area contributed by atoms with Gasteiger partial charge in [0, 0.05) is 32.2 Å². The van der Waals surface area contributed by atoms with Gasteiger partial charge in [-0.1, -0.05) is 43.5 Å². The molecule has 30 heavy (non-hydrogen) atoms. The van der Waals surface area contributed by atoms with Crippen LogP contribution in [0.5, 0.6) is 0 Å². The van der Waals surface area contributed by atoms with Gasteiger partial charge in [0.05, 0.1) is 13.2 Å². The summed E-state index contributed by atoms with van der Waals surface area (Å²) in [5.74, 6) is -0.448. The Morgan fingerprint density at radius 2 is 1.90 bits per heavy atom. The van der Waals surface area contributed by atoms with Crippen molar-refractivity contribution in [2.24, 2.45) is 0 Å². The number of hydrogen-bond donors (Lipinski definition) is 1. The van der Waals surface area contributed by atoms with Crippen LogP contribution in [0.4, 0.5) is 0 Å². The van der Waals surface area contributed by atoms with Crippen LogP contribution >= 0.6 is 11.6 Å². The van der Waals surface area contributed by atoms with Gasteiger partial charge in [-0.05, 0) is 30.9 Å². The smallest absolute Gasteiger partial charge is 0.247 e. The minimum Gasteiger partial charge on any atom is -0.379 e. The Labute approximate surface area is 184 Å². The van der Waals surface area contributed by atoms with E-state index < -0.39 is 6.04 Å². The van der Waals surface area contributed by atoms with Gasteiger partial charge in [-0.3, -0.25) is 14.5 Å². The van der Waals surface area contributed by atoms with Crippen LogP contribution in [0.1, 0.15) is 49.3 Å². The highest BCUT2D eigenvalue weighted by Crippen LogP contribution is 2.26. The topological polar surface area (TPSA) is 61.9 Å². The maximum atomic E-state index is 13.5. The Balaban J connectivity index is 1.82. The van der Waals surface area contributed by atoms with Gasteiger partial charge in [0.25, 0.3) is 0 Å². The highest BCUT2D eigenvalue weighted by Gasteiger charge is 2.33. The molecule has 1 aromatic rings. The van der Waals surface area contributed by atoms with Crippen LogP contribution in [0.25, 0.3) is 0 Å². The van der Waals surface area contributed by atoms with Crippen molar-refractivity contribution < 1.29 is 14.3 Å². The van der Waals surface area contributed by atoms with E-state index in [1.807, 2.05) is 31.2 Å². The van der Waals surface area contributed by atoms with E-state index in [9.17, 15) is 9.59 Å². The number of nitrogens with zero attached hydrogens (tertiary/aromatic N) is 2. The molecule has 1 saturated heterocycles. The number of aryl methyl sites for hydroxylation is 1. The van der Waals surface area contributed by atoms with E-state index in [1.54, 1.807) is 4.90 Å². The summed E-state index contributed by atoms with van der Waals surface area (Å²) in [5, 5.41) is 3.23. The van der Waals surface area contributed by atoms with Crippen LogP contribution in [-0.4, -0.2) is 72.9 Å². The zero-order chi connectivity index (χ0) is 21.3. The summed E-state index contributed by atoms with van der Waals surface area (Å²) >= 11 is 5.98. The zero-order valence-electron chi connectivity index (χ0n) is 17.9. The predicted molar refractivity (Wildman–Crippen MR) is 119 cm³/mol. The number of ether oxygens (including phenoxy) is 1. The Kier molecular flexibility index (Phi) is 8.97. The highest BCUT2D eigenvalue weighted by atomic mass is 35.5. The summed E-state index contributed by atoms with van der Waals surface area (Å²) in [6.07, 6.45) is 5.51. The van der Waals surface area contributed by atoms with E-state index in [0.717, 1.165) is 49.9 Å². The lowest BCUT2D eigenvalue weighted by molar-refractivity contribution is -0.140. The molecule has 0 aromatic heterocycles. The summed E-state index contributed by atoms with van der Waals surface area (Å²) in [4.78, 5) is 30.3. The zero-order valence-corrected chi connectivity index (χ0v) is 18.7. The summed E-state index contributed by atoms with van der Waals surface area (Å²) in [6.45, 7) is 6.23. The second-order valence-electron chi connectivity index (χ2n) is 8.28. The Morgan fingerprint density at radius 1 is 1.20 bits per heavy atom. The molecule has 1 atom stereocenters. The van der Waals surface area contributed by atoms with Crippen LogP contribution in [0.3, 0.4) is 0 Å². The maximum absolute atomic E-state index is 13.5. The molecule has 3 rings (SSSR count). The maximum Gasteiger partial charge on any atom is 0.247 e. The lowest BCUT2D eigenvalue weighted by Crippen LogP contribution is -2.50. The molecule has 2 amide bonds. The third kappa shape index (κ3) is 6.19. The third-order valence-corrected chi connectivity index (χ3v) is 6.42. The monoisotopic (exact) mass is 435 g/mol. The van der Waals surface area contributed by atoms with Crippen LogP contribution in [0, 0.1) is 6.92 Å². The predicted octanol–water partition coefficient (Wildman–Crippen LogP) is 2.88. The van der Waals surface area contributed by atoms with Gasteiger partial charge >= 0.3 is 0 Å². The first kappa shape index (κ1) is 23.0. The van der Waals surface area contributed by atoms with E-state index in [4.69, 9.17) is 16.3 Å². The summed E-state index contributed by atoms with van der Waals surface area (Å²) in [5.41, 5.74) is 1.87. The van der Waals surface area contributed by atoms with E-state index >= 15 is 0 Å². The molecule has 6 nitrogen and oxygen atoms in total. The number of carbonyl (C=O) groups excluding carboxylic acids is 2. The molecule has 0 radical (unpaired) electrons. The van der Waals surface area contributed by atoms with Gasteiger partial charge in [-0.2, -0.15) is 0 Å². The molecule has 1 heterocycles. The van der Waals surface area contributed by atoms with Crippen molar-refractivity contribution >= 4 is 23.4 Å². The lowest BCUT2D eigenvalue weighted by atomic mass is 9.94. The van der Waals surface area contributed by atoms with Crippen molar-refractivity contribution in [3.63, 3.8) is 0 Å². The van der Waals surface area contributed by atoms with Crippen molar-refractivity contribution in [3.8, 4) is 0 Å². The number of halogens is 1. The summed E-state index contributed by atoms with van der Waals surface area (Å²) < 4.78 is 5.42. The number of nitrogens with one attached hydrogen (secondary N) is 1. The van der Waals surface area contributed by atoms with Crippen LogP contribution in [0.15, 0.2) is 24.3 Å². The quantitative estimate of drug-likeness (QED) is 0.638. The fourth-order valence-electron chi connectivity index (χ4n) is 4.42. The molecule has 0 spiro atoms. The van der Waals surface area contributed by atoms with Crippen LogP contribution in [-0.2, 0) is 14.3 Å². The minimum atomic E-state index is -0.666. The molecule has 1 aliphatic heterocycles. The first-order valence-corrected chi connectivity index (χ1v) is 11.6. The standard InChI is InChI=1S/C23H34ClN3O3/c1-18-7-5-6-10-20(18)22(23(29)25-19-8-3-2-4-9-19)27(21(28)17-24)12-11-26-13-15-30-16-14-26/h5-7,10,19,22H,2-4,8-9,11-17H2,1H3,(H,25,29)/t22-/m1/s1. The number of morpholine rings is 1. The van der Waals surface area contributed by atoms with Crippen molar-refractivity contribution in [1.29, 1.82) is 0 Å². The number of rotatable bonds is 8. The van der Waals surface area contributed by atoms with Gasteiger partial charge in [0.1, 0.15) is 11.9 Å². The SMILES string of the molecule is Cc1ccccc1[C@H](C(=O)NC1CCCCC1)N(CCN1CCOCC1)C(=O)CCl. The van der Waals surface area contributed by atoms with Gasteiger partial charge in [0.2, 0.25) is 11.8 Å². The molecule has 7 heteroatoms. The highest BCUT2D eigenvalue weighted by molar-refractivity contribution is 6.27. The van der Waals surface area contributed by atoms with Gasteiger partial charge in [-0.25, -0.2) is 0 Å². The first-order valence-electron chi connectivity index (χ1n) is 11.1. The number of alkyl halides is 1. The second kappa shape index (κ2) is 11.7. The summed E-state index contributed by atoms with van der Waals surface area (Å²) in [6, 6.07) is 7.33. The Hall–Kier alpha value is -1.63. The third-order valence-electron chi connectivity index (χ3n) is 6.19. The van der Waals surface area contributed by atoms with E-state index in [-0.39, 0.29) is 23.7 Å². The molecule has 1 saturated carbocycles. The van der Waals surface area contributed by atoms with Gasteiger partial charge < -0.3 is 15.0 Å².